The highest BCUT2D eigenvalue weighted by Gasteiger charge is 2.16. The summed E-state index contributed by atoms with van der Waals surface area (Å²) in [6, 6.07) is -0.520. The molecule has 10 nitrogen and oxygen atoms in total. The van der Waals surface area contributed by atoms with Crippen LogP contribution in [0.1, 0.15) is 33.6 Å². The molecular weight excluding hydrogens is 344 g/mol. The summed E-state index contributed by atoms with van der Waals surface area (Å²) in [4.78, 5) is 22.8. The zero-order valence-corrected chi connectivity index (χ0v) is 16.1. The van der Waals surface area contributed by atoms with E-state index in [2.05, 4.69) is 16.2 Å². The standard InChI is InChI=1S/C16H34N4O6/c1-16(2,3)26-15(22)20-19-14(21)18-7-5-9-24-11-13-25-12-10-23-8-4-6-17/h4-13,17H2,1-3H3,(H,20,22)(H2,18,19,21). The van der Waals surface area contributed by atoms with Gasteiger partial charge in [-0.1, -0.05) is 0 Å². The number of carbonyl (C=O) groups is 2. The molecule has 0 aliphatic heterocycles. The van der Waals surface area contributed by atoms with Crippen LogP contribution in [0.2, 0.25) is 0 Å². The van der Waals surface area contributed by atoms with Crippen LogP contribution in [0.15, 0.2) is 0 Å². The molecule has 26 heavy (non-hydrogen) atoms. The van der Waals surface area contributed by atoms with Gasteiger partial charge in [-0.15, -0.1) is 0 Å². The zero-order valence-electron chi connectivity index (χ0n) is 16.1. The Kier molecular flexibility index (Phi) is 14.6. The van der Waals surface area contributed by atoms with Crippen molar-refractivity contribution in [3.63, 3.8) is 0 Å². The van der Waals surface area contributed by atoms with Crippen LogP contribution in [0.25, 0.3) is 0 Å². The molecule has 5 N–H and O–H groups in total. The normalized spacial score (nSPS) is 11.1. The minimum Gasteiger partial charge on any atom is -0.443 e. The van der Waals surface area contributed by atoms with E-state index < -0.39 is 17.7 Å². The zero-order chi connectivity index (χ0) is 19.7. The van der Waals surface area contributed by atoms with Gasteiger partial charge in [-0.3, -0.25) is 0 Å². The SMILES string of the molecule is CC(C)(C)OC(=O)NNC(=O)NCCCOCCOCCOCCCN. The minimum atomic E-state index is -0.722. The van der Waals surface area contributed by atoms with Crippen molar-refractivity contribution in [2.75, 3.05) is 52.7 Å². The number of carbonyl (C=O) groups excluding carboxylic acids is 2. The summed E-state index contributed by atoms with van der Waals surface area (Å²) < 4.78 is 21.0. The maximum absolute atomic E-state index is 11.4. The van der Waals surface area contributed by atoms with Gasteiger partial charge in [-0.2, -0.15) is 0 Å². The van der Waals surface area contributed by atoms with Gasteiger partial charge < -0.3 is 30.0 Å². The van der Waals surface area contributed by atoms with Crippen LogP contribution in [-0.4, -0.2) is 70.5 Å². The molecular formula is C16H34N4O6. The molecule has 0 atom stereocenters. The van der Waals surface area contributed by atoms with Gasteiger partial charge >= 0.3 is 12.1 Å². The van der Waals surface area contributed by atoms with Crippen LogP contribution in [0.4, 0.5) is 9.59 Å². The smallest absolute Gasteiger partial charge is 0.426 e. The van der Waals surface area contributed by atoms with Crippen molar-refractivity contribution in [1.82, 2.24) is 16.2 Å². The first-order valence-electron chi connectivity index (χ1n) is 8.81. The van der Waals surface area contributed by atoms with Crippen molar-refractivity contribution < 1.29 is 28.5 Å². The molecule has 0 heterocycles. The van der Waals surface area contributed by atoms with Crippen molar-refractivity contribution in [1.29, 1.82) is 0 Å². The van der Waals surface area contributed by atoms with Crippen molar-refractivity contribution >= 4 is 12.1 Å². The molecule has 0 spiro atoms. The number of rotatable bonds is 13. The average Bonchev–Trinajstić information content (AvgIpc) is 2.55. The number of hydrazine groups is 1. The Morgan fingerprint density at radius 2 is 1.38 bits per heavy atom. The molecule has 0 bridgehead atoms. The monoisotopic (exact) mass is 378 g/mol. The molecule has 3 amide bonds. The van der Waals surface area contributed by atoms with Crippen LogP contribution in [0.5, 0.6) is 0 Å². The third-order valence-corrected chi connectivity index (χ3v) is 2.66. The van der Waals surface area contributed by atoms with Crippen LogP contribution in [-0.2, 0) is 18.9 Å². The number of amides is 3. The van der Waals surface area contributed by atoms with Crippen LogP contribution in [0, 0.1) is 0 Å². The second kappa shape index (κ2) is 15.6. The Morgan fingerprint density at radius 3 is 1.92 bits per heavy atom. The molecule has 0 radical (unpaired) electrons. The van der Waals surface area contributed by atoms with Gasteiger partial charge in [0.2, 0.25) is 0 Å². The highest BCUT2D eigenvalue weighted by molar-refractivity contribution is 5.77. The van der Waals surface area contributed by atoms with Crippen LogP contribution in [0.3, 0.4) is 0 Å². The van der Waals surface area contributed by atoms with E-state index in [-0.39, 0.29) is 0 Å². The van der Waals surface area contributed by atoms with Gasteiger partial charge in [-0.05, 0) is 40.2 Å². The molecule has 0 unspecified atom stereocenters. The van der Waals surface area contributed by atoms with Crippen molar-refractivity contribution in [3.8, 4) is 0 Å². The predicted molar refractivity (Wildman–Crippen MR) is 96.6 cm³/mol. The number of hydrogen-bond acceptors (Lipinski definition) is 7. The van der Waals surface area contributed by atoms with E-state index in [0.717, 1.165) is 6.42 Å². The summed E-state index contributed by atoms with van der Waals surface area (Å²) in [5, 5.41) is 2.58. The van der Waals surface area contributed by atoms with Gasteiger partial charge in [0, 0.05) is 19.8 Å². The molecule has 0 rings (SSSR count). The Hall–Kier alpha value is -1.62. The third kappa shape index (κ3) is 18.7. The molecule has 0 saturated heterocycles. The molecule has 0 aromatic rings. The van der Waals surface area contributed by atoms with Crippen LogP contribution >= 0.6 is 0 Å². The van der Waals surface area contributed by atoms with Gasteiger partial charge in [0.1, 0.15) is 5.60 Å². The number of hydrogen-bond donors (Lipinski definition) is 4. The van der Waals surface area contributed by atoms with Gasteiger partial charge in [0.15, 0.2) is 0 Å². The molecule has 0 saturated carbocycles. The third-order valence-electron chi connectivity index (χ3n) is 2.66. The Bertz CT molecular complexity index is 376. The van der Waals surface area contributed by atoms with E-state index in [0.29, 0.717) is 59.2 Å². The predicted octanol–water partition coefficient (Wildman–Crippen LogP) is 0.514. The summed E-state index contributed by atoms with van der Waals surface area (Å²) in [5.41, 5.74) is 9.06. The number of urea groups is 1. The summed E-state index contributed by atoms with van der Waals surface area (Å²) in [5.74, 6) is 0. The largest absolute Gasteiger partial charge is 0.443 e. The van der Waals surface area contributed by atoms with E-state index in [1.54, 1.807) is 20.8 Å². The van der Waals surface area contributed by atoms with Crippen molar-refractivity contribution in [2.24, 2.45) is 5.73 Å². The van der Waals surface area contributed by atoms with E-state index >= 15 is 0 Å². The molecule has 0 aromatic heterocycles. The highest BCUT2D eigenvalue weighted by atomic mass is 16.6. The lowest BCUT2D eigenvalue weighted by Gasteiger charge is -2.19. The lowest BCUT2D eigenvalue weighted by Crippen LogP contribution is -2.48. The van der Waals surface area contributed by atoms with Crippen molar-refractivity contribution in [3.05, 3.63) is 0 Å². The summed E-state index contributed by atoms with van der Waals surface area (Å²) in [6.45, 7) is 9.45. The van der Waals surface area contributed by atoms with Crippen molar-refractivity contribution in [2.45, 2.75) is 39.2 Å². The summed E-state index contributed by atoms with van der Waals surface area (Å²) >= 11 is 0. The molecule has 154 valence electrons. The second-order valence-corrected chi connectivity index (χ2v) is 6.34. The number of nitrogens with one attached hydrogen (secondary N) is 3. The quantitative estimate of drug-likeness (QED) is 0.271. The maximum Gasteiger partial charge on any atom is 0.426 e. The maximum atomic E-state index is 11.4. The molecule has 0 aromatic carbocycles. The van der Waals surface area contributed by atoms with E-state index in [9.17, 15) is 9.59 Å². The molecule has 0 aliphatic rings. The first-order chi connectivity index (χ1) is 12.3. The Balaban J connectivity index is 3.32. The number of nitrogens with two attached hydrogens (primary N) is 1. The lowest BCUT2D eigenvalue weighted by molar-refractivity contribution is 0.0141. The second-order valence-electron chi connectivity index (χ2n) is 6.34. The first kappa shape index (κ1) is 24.4. The fraction of sp³-hybridized carbons (Fsp3) is 0.875. The molecule has 0 fully saturated rings. The molecule has 10 heteroatoms. The summed E-state index contributed by atoms with van der Waals surface area (Å²) in [7, 11) is 0. The van der Waals surface area contributed by atoms with E-state index in [4.69, 9.17) is 24.7 Å². The fourth-order valence-electron chi connectivity index (χ4n) is 1.56. The van der Waals surface area contributed by atoms with E-state index in [1.165, 1.54) is 0 Å². The lowest BCUT2D eigenvalue weighted by atomic mass is 10.2. The van der Waals surface area contributed by atoms with Gasteiger partial charge in [0.25, 0.3) is 0 Å². The Labute approximate surface area is 155 Å². The fourth-order valence-corrected chi connectivity index (χ4v) is 1.56. The van der Waals surface area contributed by atoms with Gasteiger partial charge in [0.05, 0.1) is 26.4 Å². The highest BCUT2D eigenvalue weighted by Crippen LogP contribution is 2.05. The minimum absolute atomic E-state index is 0.414. The van der Waals surface area contributed by atoms with Gasteiger partial charge in [-0.25, -0.2) is 20.4 Å². The average molecular weight is 378 g/mol. The van der Waals surface area contributed by atoms with Crippen LogP contribution < -0.4 is 21.9 Å². The summed E-state index contributed by atoms with van der Waals surface area (Å²) in [6.07, 6.45) is 0.773. The number of ether oxygens (including phenoxy) is 4. The first-order valence-corrected chi connectivity index (χ1v) is 8.81. The topological polar surface area (TPSA) is 133 Å². The Morgan fingerprint density at radius 1 is 0.846 bits per heavy atom. The molecule has 0 aliphatic carbocycles. The van der Waals surface area contributed by atoms with E-state index in [1.807, 2.05) is 0 Å².